The highest BCUT2D eigenvalue weighted by molar-refractivity contribution is 7.98. The number of aryl methyl sites for hydroxylation is 4. The molecular weight excluding hydrogens is 685 g/mol. The molecule has 0 unspecified atom stereocenters. The molecule has 6 aromatic rings. The number of rotatable bonds is 1. The summed E-state index contributed by atoms with van der Waals surface area (Å²) in [7, 11) is 3.80. The van der Waals surface area contributed by atoms with Crippen molar-refractivity contribution in [3.05, 3.63) is 92.6 Å². The SMILES string of the molecule is Cn1nc2cc1CSc1cc(c3ccccc3c1)OCCCc1c(C(=O)O)n(C)c3c(c(Cl)cc(Cl)c13)-c1c(nn3c1CCC3)CSC2. The second kappa shape index (κ2) is 12.7. The molecule has 8 rings (SSSR count). The Labute approximate surface area is 296 Å². The van der Waals surface area contributed by atoms with E-state index in [9.17, 15) is 9.90 Å². The van der Waals surface area contributed by atoms with Crippen molar-refractivity contribution in [2.45, 2.75) is 54.4 Å². The van der Waals surface area contributed by atoms with Crippen LogP contribution in [-0.4, -0.2) is 41.8 Å². The second-order valence-corrected chi connectivity index (χ2v) is 15.2. The minimum absolute atomic E-state index is 0.215. The standard InChI is InChI=1S/C36H33Cl2N5O3S2/c1-41-34(36(44)45)25-9-6-12-46-30-15-23(13-20-7-3-4-8-24(20)30)48-18-22-14-21(39-42(22)2)17-47-19-28-33(29-10-5-11-43(29)40-28)32-27(38)16-26(37)31(25)35(32)41/h3-4,7-8,13-16H,5-6,9-12,17-19H2,1-2H3,(H,44,45). The molecule has 3 aromatic carbocycles. The van der Waals surface area contributed by atoms with Crippen LogP contribution >= 0.6 is 46.7 Å². The van der Waals surface area contributed by atoms with Crippen molar-refractivity contribution in [1.29, 1.82) is 0 Å². The summed E-state index contributed by atoms with van der Waals surface area (Å²) in [4.78, 5) is 14.0. The van der Waals surface area contributed by atoms with Gasteiger partial charge in [-0.05, 0) is 60.9 Å². The van der Waals surface area contributed by atoms with Crippen molar-refractivity contribution in [1.82, 2.24) is 24.1 Å². The molecule has 0 spiro atoms. The first-order valence-corrected chi connectivity index (χ1v) is 18.9. The van der Waals surface area contributed by atoms with E-state index in [1.807, 2.05) is 23.9 Å². The number of halogens is 2. The molecule has 12 heteroatoms. The number of carboxylic acid groups (broad SMARTS) is 1. The van der Waals surface area contributed by atoms with Crippen LogP contribution < -0.4 is 4.74 Å². The van der Waals surface area contributed by atoms with Crippen molar-refractivity contribution in [2.24, 2.45) is 14.1 Å². The minimum atomic E-state index is -1.00. The summed E-state index contributed by atoms with van der Waals surface area (Å²) in [6.45, 7) is 1.26. The lowest BCUT2D eigenvalue weighted by atomic mass is 9.97. The van der Waals surface area contributed by atoms with Crippen LogP contribution in [0.5, 0.6) is 5.75 Å². The van der Waals surface area contributed by atoms with Crippen molar-refractivity contribution in [3.8, 4) is 16.9 Å². The number of thioether (sulfide) groups is 2. The molecule has 2 aliphatic heterocycles. The summed E-state index contributed by atoms with van der Waals surface area (Å²) in [5.41, 5.74) is 7.68. The van der Waals surface area contributed by atoms with Crippen LogP contribution in [0.3, 0.4) is 0 Å². The van der Waals surface area contributed by atoms with Crippen molar-refractivity contribution in [2.75, 3.05) is 6.61 Å². The van der Waals surface area contributed by atoms with E-state index in [-0.39, 0.29) is 5.69 Å². The van der Waals surface area contributed by atoms with Crippen molar-refractivity contribution < 1.29 is 14.6 Å². The largest absolute Gasteiger partial charge is 0.493 e. The quantitative estimate of drug-likeness (QED) is 0.182. The molecule has 0 radical (unpaired) electrons. The van der Waals surface area contributed by atoms with Crippen LogP contribution in [0.1, 0.15) is 51.7 Å². The first kappa shape index (κ1) is 31.7. The predicted octanol–water partition coefficient (Wildman–Crippen LogP) is 8.93. The van der Waals surface area contributed by atoms with E-state index in [1.165, 1.54) is 0 Å². The Kier molecular flexibility index (Phi) is 8.39. The Morgan fingerprint density at radius 2 is 1.81 bits per heavy atom. The lowest BCUT2D eigenvalue weighted by Gasteiger charge is -2.13. The average molecular weight is 719 g/mol. The molecule has 0 fully saturated rings. The predicted molar refractivity (Wildman–Crippen MR) is 195 cm³/mol. The summed E-state index contributed by atoms with van der Waals surface area (Å²) in [6.07, 6.45) is 2.96. The number of carboxylic acids is 1. The third-order valence-electron chi connectivity index (χ3n) is 9.36. The van der Waals surface area contributed by atoms with E-state index in [0.29, 0.717) is 40.8 Å². The first-order chi connectivity index (χ1) is 23.3. The van der Waals surface area contributed by atoms with Gasteiger partial charge in [0, 0.05) is 76.1 Å². The van der Waals surface area contributed by atoms with Gasteiger partial charge in [-0.15, -0.1) is 23.5 Å². The highest BCUT2D eigenvalue weighted by atomic mass is 35.5. The molecule has 0 aliphatic carbocycles. The van der Waals surface area contributed by atoms with Crippen LogP contribution in [0.15, 0.2) is 53.4 Å². The van der Waals surface area contributed by atoms with Gasteiger partial charge in [-0.2, -0.15) is 10.2 Å². The van der Waals surface area contributed by atoms with Gasteiger partial charge in [0.2, 0.25) is 0 Å². The van der Waals surface area contributed by atoms with E-state index in [1.54, 1.807) is 41.2 Å². The van der Waals surface area contributed by atoms with Gasteiger partial charge >= 0.3 is 5.97 Å². The van der Waals surface area contributed by atoms with Gasteiger partial charge in [0.15, 0.2) is 0 Å². The number of benzene rings is 3. The number of carbonyl (C=O) groups is 1. The monoisotopic (exact) mass is 717 g/mol. The summed E-state index contributed by atoms with van der Waals surface area (Å²) in [5.74, 6) is 1.99. The van der Waals surface area contributed by atoms with Crippen LogP contribution in [0.2, 0.25) is 10.0 Å². The molecular formula is C36H33Cl2N5O3S2. The normalized spacial score (nSPS) is 15.3. The second-order valence-electron chi connectivity index (χ2n) is 12.4. The Morgan fingerprint density at radius 3 is 2.67 bits per heavy atom. The van der Waals surface area contributed by atoms with Gasteiger partial charge in [0.25, 0.3) is 0 Å². The molecule has 1 N–H and O–H groups in total. The first-order valence-electron chi connectivity index (χ1n) is 16.0. The fourth-order valence-corrected chi connectivity index (χ4v) is 9.76. The maximum Gasteiger partial charge on any atom is 0.352 e. The molecule has 0 saturated heterocycles. The minimum Gasteiger partial charge on any atom is -0.493 e. The molecule has 2 aliphatic rings. The Hall–Kier alpha value is -3.57. The third-order valence-corrected chi connectivity index (χ3v) is 11.9. The number of nitrogens with zero attached hydrogens (tertiary/aromatic N) is 5. The number of fused-ring (bicyclic) bond motifs is 10. The highest BCUT2D eigenvalue weighted by Crippen LogP contribution is 2.46. The summed E-state index contributed by atoms with van der Waals surface area (Å²) in [6, 6.07) is 16.5. The van der Waals surface area contributed by atoms with Gasteiger partial charge in [0.1, 0.15) is 11.4 Å². The molecule has 48 heavy (non-hydrogen) atoms. The number of ether oxygens (including phenoxy) is 1. The Morgan fingerprint density at radius 1 is 0.958 bits per heavy atom. The van der Waals surface area contributed by atoms with Crippen LogP contribution in [0.4, 0.5) is 0 Å². The van der Waals surface area contributed by atoms with Crippen LogP contribution in [-0.2, 0) is 50.7 Å². The number of hydrogen-bond acceptors (Lipinski definition) is 6. The Balaban J connectivity index is 1.28. The van der Waals surface area contributed by atoms with E-state index in [0.717, 1.165) is 97.1 Å². The fourth-order valence-electron chi connectivity index (χ4n) is 7.26. The highest BCUT2D eigenvalue weighted by Gasteiger charge is 2.31. The zero-order valence-corrected chi connectivity index (χ0v) is 29.7. The van der Waals surface area contributed by atoms with E-state index in [2.05, 4.69) is 35.0 Å². The van der Waals surface area contributed by atoms with Crippen LogP contribution in [0, 0.1) is 0 Å². The molecule has 0 saturated carbocycles. The number of aromatic nitrogens is 5. The van der Waals surface area contributed by atoms with Gasteiger partial charge in [-0.25, -0.2) is 4.79 Å². The van der Waals surface area contributed by atoms with E-state index >= 15 is 0 Å². The maximum atomic E-state index is 12.9. The molecule has 0 atom stereocenters. The molecule has 8 nitrogen and oxygen atoms in total. The molecule has 0 amide bonds. The zero-order chi connectivity index (χ0) is 33.1. The molecule has 246 valence electrons. The Bertz CT molecular complexity index is 2260. The maximum absolute atomic E-state index is 12.9. The summed E-state index contributed by atoms with van der Waals surface area (Å²) in [5, 5.41) is 24.2. The van der Waals surface area contributed by atoms with Gasteiger partial charge in [-0.3, -0.25) is 9.36 Å². The van der Waals surface area contributed by atoms with Gasteiger partial charge < -0.3 is 14.4 Å². The van der Waals surface area contributed by atoms with Gasteiger partial charge in [-0.1, -0.05) is 47.5 Å². The summed E-state index contributed by atoms with van der Waals surface area (Å²) >= 11 is 17.6. The van der Waals surface area contributed by atoms with Crippen molar-refractivity contribution >= 4 is 74.4 Å². The summed E-state index contributed by atoms with van der Waals surface area (Å²) < 4.78 is 12.3. The number of aromatic carboxylic acids is 1. The molecule has 8 bridgehead atoms. The topological polar surface area (TPSA) is 87.1 Å². The average Bonchev–Trinajstić information content (AvgIpc) is 3.81. The molecule has 5 heterocycles. The van der Waals surface area contributed by atoms with Crippen LogP contribution in [0.25, 0.3) is 32.8 Å². The lowest BCUT2D eigenvalue weighted by molar-refractivity contribution is 0.0685. The van der Waals surface area contributed by atoms with E-state index < -0.39 is 5.97 Å². The molecule has 3 aromatic heterocycles. The third kappa shape index (κ3) is 5.47. The fraction of sp³-hybridized carbons (Fsp3) is 0.306. The van der Waals surface area contributed by atoms with E-state index in [4.69, 9.17) is 38.1 Å². The van der Waals surface area contributed by atoms with Gasteiger partial charge in [0.05, 0.1) is 33.6 Å². The van der Waals surface area contributed by atoms with Crippen molar-refractivity contribution in [3.63, 3.8) is 0 Å². The zero-order valence-electron chi connectivity index (χ0n) is 26.6. The number of hydrogen-bond donors (Lipinski definition) is 1. The lowest BCUT2D eigenvalue weighted by Crippen LogP contribution is -2.09. The smallest absolute Gasteiger partial charge is 0.352 e.